The van der Waals surface area contributed by atoms with E-state index in [9.17, 15) is 4.79 Å². The lowest BCUT2D eigenvalue weighted by atomic mass is 9.92. The largest absolute Gasteiger partial charge is 0.466 e. The third-order valence-corrected chi connectivity index (χ3v) is 5.66. The van der Waals surface area contributed by atoms with Crippen molar-refractivity contribution in [3.8, 4) is 0 Å². The molecule has 0 saturated heterocycles. The van der Waals surface area contributed by atoms with Crippen LogP contribution in [-0.2, 0) is 15.3 Å². The molecule has 0 fully saturated rings. The van der Waals surface area contributed by atoms with E-state index in [0.717, 1.165) is 5.75 Å². The van der Waals surface area contributed by atoms with Crippen molar-refractivity contribution in [2.24, 2.45) is 0 Å². The molecule has 1 atom stereocenters. The van der Waals surface area contributed by atoms with E-state index in [1.54, 1.807) is 11.3 Å². The van der Waals surface area contributed by atoms with Crippen LogP contribution in [-0.4, -0.2) is 12.6 Å². The van der Waals surface area contributed by atoms with Crippen LogP contribution in [0.2, 0.25) is 0 Å². The van der Waals surface area contributed by atoms with E-state index >= 15 is 0 Å². The second kappa shape index (κ2) is 6.02. The molecule has 1 aromatic heterocycles. The van der Waals surface area contributed by atoms with Gasteiger partial charge in [0.05, 0.1) is 13.0 Å². The Balaban J connectivity index is 2.01. The van der Waals surface area contributed by atoms with Gasteiger partial charge in [-0.25, -0.2) is 0 Å². The van der Waals surface area contributed by atoms with Crippen LogP contribution in [0.4, 0.5) is 0 Å². The summed E-state index contributed by atoms with van der Waals surface area (Å²) in [6, 6.07) is 10.6. The van der Waals surface area contributed by atoms with Crippen molar-refractivity contribution < 1.29 is 9.53 Å². The molecular formula is C16H16O2S2. The maximum Gasteiger partial charge on any atom is 0.306 e. The zero-order valence-corrected chi connectivity index (χ0v) is 12.9. The first-order valence-electron chi connectivity index (χ1n) is 6.73. The van der Waals surface area contributed by atoms with Crippen LogP contribution in [0.1, 0.15) is 35.3 Å². The molecule has 0 N–H and O–H groups in total. The van der Waals surface area contributed by atoms with E-state index in [4.69, 9.17) is 4.74 Å². The number of thioether (sulfide) groups is 1. The van der Waals surface area contributed by atoms with Crippen LogP contribution in [0.15, 0.2) is 40.6 Å². The lowest BCUT2D eigenvalue weighted by Crippen LogP contribution is -2.11. The van der Waals surface area contributed by atoms with E-state index < -0.39 is 0 Å². The maximum absolute atomic E-state index is 11.9. The Bertz CT molecular complexity index is 618. The van der Waals surface area contributed by atoms with Gasteiger partial charge in [-0.15, -0.1) is 23.1 Å². The third-order valence-electron chi connectivity index (χ3n) is 3.45. The minimum Gasteiger partial charge on any atom is -0.466 e. The molecule has 4 heteroatoms. The van der Waals surface area contributed by atoms with Crippen LogP contribution >= 0.6 is 23.1 Å². The van der Waals surface area contributed by atoms with Gasteiger partial charge in [-0.3, -0.25) is 4.79 Å². The Hall–Kier alpha value is -1.26. The molecule has 3 rings (SSSR count). The van der Waals surface area contributed by atoms with Gasteiger partial charge in [0, 0.05) is 21.4 Å². The molecule has 2 aromatic rings. The first-order chi connectivity index (χ1) is 9.79. The zero-order valence-electron chi connectivity index (χ0n) is 11.3. The molecule has 0 saturated carbocycles. The normalized spacial score (nSPS) is 16.9. The molecule has 1 aliphatic rings. The van der Waals surface area contributed by atoms with E-state index in [1.165, 1.54) is 20.9 Å². The Morgan fingerprint density at radius 2 is 2.20 bits per heavy atom. The third kappa shape index (κ3) is 2.63. The SMILES string of the molecule is CCOC(=O)CC1c2ccccc2SCc2ccsc21. The molecule has 2 heterocycles. The maximum atomic E-state index is 11.9. The highest BCUT2D eigenvalue weighted by molar-refractivity contribution is 7.98. The van der Waals surface area contributed by atoms with Crippen molar-refractivity contribution in [2.75, 3.05) is 6.61 Å². The standard InChI is InChI=1S/C16H16O2S2/c1-2-18-15(17)9-13-12-5-3-4-6-14(12)20-10-11-7-8-19-16(11)13/h3-8,13H,2,9-10H2,1H3. The van der Waals surface area contributed by atoms with Crippen LogP contribution in [0, 0.1) is 0 Å². The van der Waals surface area contributed by atoms with E-state index in [1.807, 2.05) is 18.7 Å². The number of carbonyl (C=O) groups excluding carboxylic acids is 1. The molecule has 0 bridgehead atoms. The molecule has 0 spiro atoms. The number of ether oxygens (including phenoxy) is 1. The number of thiophene rings is 1. The summed E-state index contributed by atoms with van der Waals surface area (Å²) >= 11 is 3.60. The van der Waals surface area contributed by atoms with Gasteiger partial charge >= 0.3 is 5.97 Å². The fourth-order valence-corrected chi connectivity index (χ4v) is 4.81. The van der Waals surface area contributed by atoms with Crippen LogP contribution < -0.4 is 0 Å². The summed E-state index contributed by atoms with van der Waals surface area (Å²) in [7, 11) is 0. The minimum atomic E-state index is -0.112. The number of hydrogen-bond acceptors (Lipinski definition) is 4. The molecule has 20 heavy (non-hydrogen) atoms. The molecule has 1 aromatic carbocycles. The summed E-state index contributed by atoms with van der Waals surface area (Å²) in [6.07, 6.45) is 0.429. The second-order valence-electron chi connectivity index (χ2n) is 4.70. The van der Waals surface area contributed by atoms with Gasteiger partial charge in [0.2, 0.25) is 0 Å². The number of carbonyl (C=O) groups is 1. The molecule has 2 nitrogen and oxygen atoms in total. The van der Waals surface area contributed by atoms with E-state index in [0.29, 0.717) is 13.0 Å². The van der Waals surface area contributed by atoms with E-state index in [-0.39, 0.29) is 11.9 Å². The molecule has 0 amide bonds. The number of rotatable bonds is 3. The van der Waals surface area contributed by atoms with Crippen molar-refractivity contribution in [2.45, 2.75) is 29.9 Å². The molecule has 104 valence electrons. The smallest absolute Gasteiger partial charge is 0.306 e. The lowest BCUT2D eigenvalue weighted by Gasteiger charge is -2.16. The van der Waals surface area contributed by atoms with Crippen molar-refractivity contribution >= 4 is 29.1 Å². The Kier molecular flexibility index (Phi) is 4.13. The van der Waals surface area contributed by atoms with Gasteiger partial charge in [-0.1, -0.05) is 18.2 Å². The predicted octanol–water partition coefficient (Wildman–Crippen LogP) is 4.44. The fraction of sp³-hybridized carbons (Fsp3) is 0.312. The van der Waals surface area contributed by atoms with Gasteiger partial charge in [0.25, 0.3) is 0 Å². The highest BCUT2D eigenvalue weighted by Crippen LogP contribution is 2.44. The van der Waals surface area contributed by atoms with Gasteiger partial charge in [0.1, 0.15) is 0 Å². The highest BCUT2D eigenvalue weighted by Gasteiger charge is 2.27. The van der Waals surface area contributed by atoms with E-state index in [2.05, 4.69) is 35.7 Å². The van der Waals surface area contributed by atoms with Crippen molar-refractivity contribution in [3.05, 3.63) is 51.7 Å². The number of fused-ring (bicyclic) bond motifs is 2. The first kappa shape index (κ1) is 13.7. The first-order valence-corrected chi connectivity index (χ1v) is 8.59. The highest BCUT2D eigenvalue weighted by atomic mass is 32.2. The number of benzene rings is 1. The lowest BCUT2D eigenvalue weighted by molar-refractivity contribution is -0.143. The number of esters is 1. The van der Waals surface area contributed by atoms with Crippen molar-refractivity contribution in [3.63, 3.8) is 0 Å². The summed E-state index contributed by atoms with van der Waals surface area (Å²) in [6.45, 7) is 2.30. The second-order valence-corrected chi connectivity index (χ2v) is 6.66. The van der Waals surface area contributed by atoms with Crippen LogP contribution in [0.3, 0.4) is 0 Å². The topological polar surface area (TPSA) is 26.3 Å². The van der Waals surface area contributed by atoms with Gasteiger partial charge in [-0.2, -0.15) is 0 Å². The molecule has 0 radical (unpaired) electrons. The minimum absolute atomic E-state index is 0.112. The quantitative estimate of drug-likeness (QED) is 0.784. The monoisotopic (exact) mass is 304 g/mol. The Labute approximate surface area is 127 Å². The number of hydrogen-bond donors (Lipinski definition) is 0. The van der Waals surface area contributed by atoms with Gasteiger partial charge < -0.3 is 4.74 Å². The molecule has 1 unspecified atom stereocenters. The molecular weight excluding hydrogens is 288 g/mol. The van der Waals surface area contributed by atoms with Gasteiger partial charge in [0.15, 0.2) is 0 Å². The average molecular weight is 304 g/mol. The molecule has 0 aliphatic carbocycles. The summed E-state index contributed by atoms with van der Waals surface area (Å²) < 4.78 is 5.15. The Morgan fingerprint density at radius 3 is 3.05 bits per heavy atom. The predicted molar refractivity (Wildman–Crippen MR) is 83.4 cm³/mol. The van der Waals surface area contributed by atoms with Crippen molar-refractivity contribution in [1.82, 2.24) is 0 Å². The summed E-state index contributed by atoms with van der Waals surface area (Å²) in [4.78, 5) is 14.5. The summed E-state index contributed by atoms with van der Waals surface area (Å²) in [5, 5.41) is 2.12. The Morgan fingerprint density at radius 1 is 1.35 bits per heavy atom. The fourth-order valence-electron chi connectivity index (χ4n) is 2.56. The zero-order chi connectivity index (χ0) is 13.9. The molecule has 1 aliphatic heterocycles. The summed E-state index contributed by atoms with van der Waals surface area (Å²) in [5.41, 5.74) is 2.61. The van der Waals surface area contributed by atoms with Crippen molar-refractivity contribution in [1.29, 1.82) is 0 Å². The van der Waals surface area contributed by atoms with Crippen LogP contribution in [0.25, 0.3) is 0 Å². The van der Waals surface area contributed by atoms with Crippen LogP contribution in [0.5, 0.6) is 0 Å². The average Bonchev–Trinajstić information content (AvgIpc) is 2.86. The van der Waals surface area contributed by atoms with Gasteiger partial charge in [-0.05, 0) is 35.6 Å². The summed E-state index contributed by atoms with van der Waals surface area (Å²) in [5.74, 6) is 1.00.